The van der Waals surface area contributed by atoms with Gasteiger partial charge in [-0.3, -0.25) is 4.79 Å². The zero-order chi connectivity index (χ0) is 14.0. The first-order chi connectivity index (χ1) is 9.00. The van der Waals surface area contributed by atoms with Gasteiger partial charge in [0, 0.05) is 17.5 Å². The molecule has 1 fully saturated rings. The van der Waals surface area contributed by atoms with Crippen LogP contribution in [-0.4, -0.2) is 16.9 Å². The van der Waals surface area contributed by atoms with E-state index < -0.39 is 0 Å². The summed E-state index contributed by atoms with van der Waals surface area (Å²) in [5.74, 6) is 0.124. The van der Waals surface area contributed by atoms with Gasteiger partial charge in [0.1, 0.15) is 0 Å². The number of thiocarbonyl (C=S) groups is 1. The van der Waals surface area contributed by atoms with Crippen LogP contribution >= 0.6 is 12.2 Å². The molecular weight excluding hydrogens is 256 g/mol. The number of aryl methyl sites for hydroxylation is 1. The maximum Gasteiger partial charge on any atom is 0.251 e. The molecule has 0 saturated heterocycles. The molecule has 0 aliphatic heterocycles. The number of benzene rings is 1. The van der Waals surface area contributed by atoms with Gasteiger partial charge in [0.25, 0.3) is 5.91 Å². The molecule has 0 heterocycles. The standard InChI is InChI=1S/C15H20N2OS/c1-9-5-3-6-11(10(9)2)15(18)17-13-8-4-7-12(13)14(16)19/h3,5-6,12-13H,4,7-8H2,1-2H3,(H2,16,19)(H,17,18). The molecule has 2 atom stereocenters. The molecule has 0 aromatic heterocycles. The minimum Gasteiger partial charge on any atom is -0.393 e. The maximum atomic E-state index is 12.3. The highest BCUT2D eigenvalue weighted by Crippen LogP contribution is 2.26. The molecule has 1 aromatic rings. The largest absolute Gasteiger partial charge is 0.393 e. The molecule has 1 aromatic carbocycles. The van der Waals surface area contributed by atoms with Gasteiger partial charge in [-0.15, -0.1) is 0 Å². The molecule has 0 spiro atoms. The van der Waals surface area contributed by atoms with Crippen molar-refractivity contribution in [1.82, 2.24) is 5.32 Å². The highest BCUT2D eigenvalue weighted by molar-refractivity contribution is 7.80. The summed E-state index contributed by atoms with van der Waals surface area (Å²) in [5.41, 5.74) is 8.64. The molecule has 3 N–H and O–H groups in total. The van der Waals surface area contributed by atoms with E-state index in [1.165, 1.54) is 0 Å². The number of hydrogen-bond acceptors (Lipinski definition) is 2. The van der Waals surface area contributed by atoms with E-state index in [9.17, 15) is 4.79 Å². The summed E-state index contributed by atoms with van der Waals surface area (Å²) in [7, 11) is 0. The Bertz CT molecular complexity index is 513. The van der Waals surface area contributed by atoms with Gasteiger partial charge in [0.05, 0.1) is 4.99 Å². The molecule has 19 heavy (non-hydrogen) atoms. The number of hydrogen-bond donors (Lipinski definition) is 2. The molecule has 0 bridgehead atoms. The summed E-state index contributed by atoms with van der Waals surface area (Å²) in [5, 5.41) is 3.09. The van der Waals surface area contributed by atoms with Crippen molar-refractivity contribution in [3.8, 4) is 0 Å². The normalized spacial score (nSPS) is 22.2. The molecule has 0 radical (unpaired) electrons. The van der Waals surface area contributed by atoms with E-state index in [0.29, 0.717) is 4.99 Å². The van der Waals surface area contributed by atoms with Crippen molar-refractivity contribution in [2.45, 2.75) is 39.2 Å². The number of nitrogens with one attached hydrogen (secondary N) is 1. The van der Waals surface area contributed by atoms with Gasteiger partial charge < -0.3 is 11.1 Å². The number of rotatable bonds is 3. The minimum absolute atomic E-state index is 0.0191. The fourth-order valence-electron chi connectivity index (χ4n) is 2.72. The van der Waals surface area contributed by atoms with Gasteiger partial charge in [-0.05, 0) is 43.9 Å². The lowest BCUT2D eigenvalue weighted by molar-refractivity contribution is 0.0933. The van der Waals surface area contributed by atoms with E-state index in [0.717, 1.165) is 36.0 Å². The number of nitrogens with two attached hydrogens (primary N) is 1. The van der Waals surface area contributed by atoms with E-state index in [-0.39, 0.29) is 17.9 Å². The Labute approximate surface area is 119 Å². The zero-order valence-electron chi connectivity index (χ0n) is 11.4. The second kappa shape index (κ2) is 5.70. The Kier molecular flexibility index (Phi) is 4.20. The van der Waals surface area contributed by atoms with Crippen molar-refractivity contribution < 1.29 is 4.79 Å². The van der Waals surface area contributed by atoms with Crippen LogP contribution < -0.4 is 11.1 Å². The number of carbonyl (C=O) groups is 1. The van der Waals surface area contributed by atoms with Gasteiger partial charge in [-0.2, -0.15) is 0 Å². The molecule has 4 heteroatoms. The molecule has 1 aliphatic carbocycles. The highest BCUT2D eigenvalue weighted by Gasteiger charge is 2.30. The molecule has 102 valence electrons. The third-order valence-corrected chi connectivity index (χ3v) is 4.35. The third-order valence-electron chi connectivity index (χ3n) is 4.05. The molecule has 1 saturated carbocycles. The fourth-order valence-corrected chi connectivity index (χ4v) is 3.00. The minimum atomic E-state index is -0.0191. The summed E-state index contributed by atoms with van der Waals surface area (Å²) < 4.78 is 0. The van der Waals surface area contributed by atoms with Gasteiger partial charge in [0.2, 0.25) is 0 Å². The maximum absolute atomic E-state index is 12.3. The quantitative estimate of drug-likeness (QED) is 0.834. The van der Waals surface area contributed by atoms with Crippen molar-refractivity contribution in [2.75, 3.05) is 0 Å². The highest BCUT2D eigenvalue weighted by atomic mass is 32.1. The molecule has 1 amide bonds. The van der Waals surface area contributed by atoms with Crippen LogP contribution in [0.4, 0.5) is 0 Å². The van der Waals surface area contributed by atoms with E-state index in [2.05, 4.69) is 5.32 Å². The summed E-state index contributed by atoms with van der Waals surface area (Å²) in [6, 6.07) is 5.88. The first-order valence-corrected chi connectivity index (χ1v) is 7.08. The summed E-state index contributed by atoms with van der Waals surface area (Å²) in [6.45, 7) is 3.99. The van der Waals surface area contributed by atoms with Crippen LogP contribution in [0.25, 0.3) is 0 Å². The van der Waals surface area contributed by atoms with Gasteiger partial charge in [0.15, 0.2) is 0 Å². The summed E-state index contributed by atoms with van der Waals surface area (Å²) >= 11 is 5.07. The van der Waals surface area contributed by atoms with Crippen molar-refractivity contribution >= 4 is 23.1 Å². The topological polar surface area (TPSA) is 55.1 Å². The number of amides is 1. The molecule has 2 rings (SSSR count). The van der Waals surface area contributed by atoms with E-state index in [1.807, 2.05) is 32.0 Å². The van der Waals surface area contributed by atoms with Crippen LogP contribution in [0.3, 0.4) is 0 Å². The lowest BCUT2D eigenvalue weighted by atomic mass is 10.0. The van der Waals surface area contributed by atoms with Crippen LogP contribution in [0.1, 0.15) is 40.7 Å². The Morgan fingerprint density at radius 1 is 1.37 bits per heavy atom. The van der Waals surface area contributed by atoms with Crippen LogP contribution in [-0.2, 0) is 0 Å². The number of carbonyl (C=O) groups excluding carboxylic acids is 1. The van der Waals surface area contributed by atoms with E-state index in [1.54, 1.807) is 0 Å². The van der Waals surface area contributed by atoms with Crippen LogP contribution in [0.15, 0.2) is 18.2 Å². The Balaban J connectivity index is 2.13. The summed E-state index contributed by atoms with van der Waals surface area (Å²) in [6.07, 6.45) is 3.01. The lowest BCUT2D eigenvalue weighted by Crippen LogP contribution is -2.41. The van der Waals surface area contributed by atoms with Gasteiger partial charge in [-0.1, -0.05) is 30.8 Å². The van der Waals surface area contributed by atoms with Crippen molar-refractivity contribution in [3.63, 3.8) is 0 Å². The Hall–Kier alpha value is -1.42. The predicted octanol–water partition coefficient (Wildman–Crippen LogP) is 2.49. The fraction of sp³-hybridized carbons (Fsp3) is 0.467. The van der Waals surface area contributed by atoms with E-state index in [4.69, 9.17) is 18.0 Å². The molecule has 3 nitrogen and oxygen atoms in total. The molecule has 1 aliphatic rings. The first kappa shape index (κ1) is 14.0. The second-order valence-corrected chi connectivity index (χ2v) is 5.74. The van der Waals surface area contributed by atoms with E-state index >= 15 is 0 Å². The second-order valence-electron chi connectivity index (χ2n) is 5.27. The smallest absolute Gasteiger partial charge is 0.251 e. The monoisotopic (exact) mass is 276 g/mol. The molecule has 2 unspecified atom stereocenters. The van der Waals surface area contributed by atoms with Crippen LogP contribution in [0, 0.1) is 19.8 Å². The first-order valence-electron chi connectivity index (χ1n) is 6.67. The van der Waals surface area contributed by atoms with Crippen molar-refractivity contribution in [1.29, 1.82) is 0 Å². The SMILES string of the molecule is Cc1cccc(C(=O)NC2CCCC2C(N)=S)c1C. The summed E-state index contributed by atoms with van der Waals surface area (Å²) in [4.78, 5) is 12.9. The average molecular weight is 276 g/mol. The average Bonchev–Trinajstić information content (AvgIpc) is 2.80. The van der Waals surface area contributed by atoms with Crippen LogP contribution in [0.5, 0.6) is 0 Å². The van der Waals surface area contributed by atoms with Crippen LogP contribution in [0.2, 0.25) is 0 Å². The van der Waals surface area contributed by atoms with Crippen molar-refractivity contribution in [2.24, 2.45) is 11.7 Å². The van der Waals surface area contributed by atoms with Gasteiger partial charge >= 0.3 is 0 Å². The van der Waals surface area contributed by atoms with Crippen molar-refractivity contribution in [3.05, 3.63) is 34.9 Å². The zero-order valence-corrected chi connectivity index (χ0v) is 12.2. The third kappa shape index (κ3) is 2.95. The lowest BCUT2D eigenvalue weighted by Gasteiger charge is -2.20. The Morgan fingerprint density at radius 3 is 2.79 bits per heavy atom. The predicted molar refractivity (Wildman–Crippen MR) is 81.3 cm³/mol. The Morgan fingerprint density at radius 2 is 2.11 bits per heavy atom. The van der Waals surface area contributed by atoms with Gasteiger partial charge in [-0.25, -0.2) is 0 Å². The molecular formula is C15H20N2OS.